The topological polar surface area (TPSA) is 65.8 Å². The summed E-state index contributed by atoms with van der Waals surface area (Å²) in [7, 11) is 1.75. The Balaban J connectivity index is 2.00. The second kappa shape index (κ2) is 5.35. The normalized spacial score (nSPS) is 12.2. The summed E-state index contributed by atoms with van der Waals surface area (Å²) in [6.07, 6.45) is -2.60. The van der Waals surface area contributed by atoms with Crippen LogP contribution in [-0.4, -0.2) is 20.3 Å². The minimum absolute atomic E-state index is 0.354. The Hall–Kier alpha value is -3.29. The monoisotopic (exact) mass is 358 g/mol. The van der Waals surface area contributed by atoms with Crippen molar-refractivity contribution in [2.24, 2.45) is 12.8 Å². The number of nitrogens with zero attached hydrogens (tertiary/aromatic N) is 3. The van der Waals surface area contributed by atoms with Gasteiger partial charge in [0.1, 0.15) is 0 Å². The van der Waals surface area contributed by atoms with Gasteiger partial charge in [0.05, 0.1) is 11.1 Å². The highest BCUT2D eigenvalue weighted by Crippen LogP contribution is 2.34. The van der Waals surface area contributed by atoms with Crippen molar-refractivity contribution in [3.8, 4) is 5.69 Å². The zero-order valence-corrected chi connectivity index (χ0v) is 13.6. The summed E-state index contributed by atoms with van der Waals surface area (Å²) in [6, 6.07) is 9.85. The fourth-order valence-corrected chi connectivity index (χ4v) is 3.11. The standard InChI is InChI=1S/C18H13F3N4O/c1-24-9-14-13-8-10(16(22)26)2-7-15(13)25(17(14)23-24)12-5-3-11(4-6-12)18(19,20)21/h2-9H,1H3,(H2,22,26). The van der Waals surface area contributed by atoms with Gasteiger partial charge >= 0.3 is 6.18 Å². The highest BCUT2D eigenvalue weighted by atomic mass is 19.4. The van der Waals surface area contributed by atoms with Crippen molar-refractivity contribution < 1.29 is 18.0 Å². The summed E-state index contributed by atoms with van der Waals surface area (Å²) in [4.78, 5) is 11.5. The molecule has 2 heterocycles. The third-order valence-corrected chi connectivity index (χ3v) is 4.29. The lowest BCUT2D eigenvalue weighted by atomic mass is 10.1. The smallest absolute Gasteiger partial charge is 0.366 e. The number of carbonyl (C=O) groups is 1. The first-order valence-electron chi connectivity index (χ1n) is 7.71. The molecule has 1 amide bonds. The van der Waals surface area contributed by atoms with Crippen LogP contribution in [0.1, 0.15) is 15.9 Å². The van der Waals surface area contributed by atoms with Crippen LogP contribution >= 0.6 is 0 Å². The molecule has 4 rings (SSSR count). The summed E-state index contributed by atoms with van der Waals surface area (Å²) in [5.41, 5.74) is 6.86. The van der Waals surface area contributed by atoms with Crippen LogP contribution in [0.5, 0.6) is 0 Å². The molecule has 26 heavy (non-hydrogen) atoms. The molecule has 0 atom stereocenters. The Labute approximate surface area is 145 Å². The molecule has 0 saturated heterocycles. The van der Waals surface area contributed by atoms with Crippen LogP contribution in [-0.2, 0) is 13.2 Å². The number of primary amides is 1. The van der Waals surface area contributed by atoms with E-state index < -0.39 is 17.6 Å². The van der Waals surface area contributed by atoms with Gasteiger partial charge in [0.2, 0.25) is 5.91 Å². The van der Waals surface area contributed by atoms with Gasteiger partial charge in [-0.25, -0.2) is 0 Å². The van der Waals surface area contributed by atoms with E-state index in [2.05, 4.69) is 5.10 Å². The zero-order chi connectivity index (χ0) is 18.6. The van der Waals surface area contributed by atoms with Crippen LogP contribution in [0.4, 0.5) is 13.2 Å². The molecule has 132 valence electrons. The lowest BCUT2D eigenvalue weighted by molar-refractivity contribution is -0.137. The highest BCUT2D eigenvalue weighted by molar-refractivity contribution is 6.10. The van der Waals surface area contributed by atoms with E-state index in [-0.39, 0.29) is 0 Å². The van der Waals surface area contributed by atoms with Crippen LogP contribution in [0.3, 0.4) is 0 Å². The number of carbonyl (C=O) groups excluding carboxylic acids is 1. The van der Waals surface area contributed by atoms with Gasteiger partial charge < -0.3 is 5.73 Å². The number of aromatic nitrogens is 3. The van der Waals surface area contributed by atoms with E-state index in [0.29, 0.717) is 16.9 Å². The lowest BCUT2D eigenvalue weighted by Crippen LogP contribution is -2.10. The number of amides is 1. The zero-order valence-electron chi connectivity index (χ0n) is 13.6. The second-order valence-electron chi connectivity index (χ2n) is 6.02. The summed E-state index contributed by atoms with van der Waals surface area (Å²) >= 11 is 0. The molecule has 0 unspecified atom stereocenters. The molecule has 0 fully saturated rings. The molecule has 0 aliphatic rings. The van der Waals surface area contributed by atoms with Crippen molar-refractivity contribution in [1.29, 1.82) is 0 Å². The van der Waals surface area contributed by atoms with Crippen molar-refractivity contribution >= 4 is 27.8 Å². The number of rotatable bonds is 2. The molecular weight excluding hydrogens is 345 g/mol. The first-order valence-corrected chi connectivity index (χ1v) is 7.71. The van der Waals surface area contributed by atoms with E-state index >= 15 is 0 Å². The molecular formula is C18H13F3N4O. The first kappa shape index (κ1) is 16.2. The van der Waals surface area contributed by atoms with Gasteiger partial charge in [-0.05, 0) is 42.5 Å². The molecule has 2 aromatic carbocycles. The predicted octanol–water partition coefficient (Wildman–Crippen LogP) is 3.63. The lowest BCUT2D eigenvalue weighted by Gasteiger charge is -2.10. The molecule has 0 radical (unpaired) electrons. The number of fused-ring (bicyclic) bond motifs is 3. The fourth-order valence-electron chi connectivity index (χ4n) is 3.11. The summed E-state index contributed by atoms with van der Waals surface area (Å²) in [5.74, 6) is -0.550. The summed E-state index contributed by atoms with van der Waals surface area (Å²) < 4.78 is 41.8. The van der Waals surface area contributed by atoms with E-state index in [0.717, 1.165) is 28.4 Å². The Kier molecular flexibility index (Phi) is 3.33. The maximum absolute atomic E-state index is 12.8. The molecule has 5 nitrogen and oxygen atoms in total. The molecule has 0 spiro atoms. The average molecular weight is 358 g/mol. The van der Waals surface area contributed by atoms with Crippen LogP contribution in [0.15, 0.2) is 48.7 Å². The number of nitrogens with two attached hydrogens (primary N) is 1. The van der Waals surface area contributed by atoms with Crippen molar-refractivity contribution in [3.05, 3.63) is 59.8 Å². The largest absolute Gasteiger partial charge is 0.416 e. The van der Waals surface area contributed by atoms with E-state index in [1.165, 1.54) is 12.1 Å². The van der Waals surface area contributed by atoms with Crippen molar-refractivity contribution in [3.63, 3.8) is 0 Å². The second-order valence-corrected chi connectivity index (χ2v) is 6.02. The highest BCUT2D eigenvalue weighted by Gasteiger charge is 2.30. The SMILES string of the molecule is Cn1cc2c3cc(C(N)=O)ccc3n(-c3ccc(C(F)(F)F)cc3)c2n1. The van der Waals surface area contributed by atoms with Gasteiger partial charge in [-0.1, -0.05) is 0 Å². The Bertz CT molecular complexity index is 1150. The molecule has 0 aliphatic heterocycles. The predicted molar refractivity (Wildman–Crippen MR) is 91.1 cm³/mol. The third kappa shape index (κ3) is 2.42. The van der Waals surface area contributed by atoms with Crippen molar-refractivity contribution in [2.75, 3.05) is 0 Å². The molecule has 0 bridgehead atoms. The minimum Gasteiger partial charge on any atom is -0.366 e. The van der Waals surface area contributed by atoms with E-state index in [9.17, 15) is 18.0 Å². The van der Waals surface area contributed by atoms with Gasteiger partial charge in [0.25, 0.3) is 0 Å². The maximum Gasteiger partial charge on any atom is 0.416 e. The van der Waals surface area contributed by atoms with E-state index in [4.69, 9.17) is 5.73 Å². The average Bonchev–Trinajstić information content (AvgIpc) is 3.08. The maximum atomic E-state index is 12.8. The van der Waals surface area contributed by atoms with Gasteiger partial charge in [-0.15, -0.1) is 0 Å². The van der Waals surface area contributed by atoms with Gasteiger partial charge in [0.15, 0.2) is 5.65 Å². The van der Waals surface area contributed by atoms with E-state index in [1.54, 1.807) is 40.7 Å². The van der Waals surface area contributed by atoms with E-state index in [1.807, 2.05) is 0 Å². The Morgan fingerprint density at radius 2 is 1.77 bits per heavy atom. The van der Waals surface area contributed by atoms with Crippen LogP contribution < -0.4 is 5.73 Å². The number of benzene rings is 2. The Morgan fingerprint density at radius 3 is 2.38 bits per heavy atom. The Morgan fingerprint density at radius 1 is 1.08 bits per heavy atom. The molecule has 4 aromatic rings. The molecule has 0 saturated carbocycles. The molecule has 2 N–H and O–H groups in total. The van der Waals surface area contributed by atoms with Crippen LogP contribution in [0, 0.1) is 0 Å². The fraction of sp³-hybridized carbons (Fsp3) is 0.111. The number of halogens is 3. The number of aryl methyl sites for hydroxylation is 1. The first-order chi connectivity index (χ1) is 12.3. The summed E-state index contributed by atoms with van der Waals surface area (Å²) in [6.45, 7) is 0. The van der Waals surface area contributed by atoms with Crippen LogP contribution in [0.2, 0.25) is 0 Å². The molecule has 2 aromatic heterocycles. The number of hydrogen-bond acceptors (Lipinski definition) is 2. The van der Waals surface area contributed by atoms with Crippen molar-refractivity contribution in [1.82, 2.24) is 14.3 Å². The van der Waals surface area contributed by atoms with Gasteiger partial charge in [-0.3, -0.25) is 14.0 Å². The van der Waals surface area contributed by atoms with Crippen LogP contribution in [0.25, 0.3) is 27.6 Å². The third-order valence-electron chi connectivity index (χ3n) is 4.29. The quantitative estimate of drug-likeness (QED) is 0.595. The molecule has 8 heteroatoms. The number of hydrogen-bond donors (Lipinski definition) is 1. The minimum atomic E-state index is -4.39. The molecule has 0 aliphatic carbocycles. The van der Waals surface area contributed by atoms with Gasteiger partial charge in [-0.2, -0.15) is 18.3 Å². The summed E-state index contributed by atoms with van der Waals surface area (Å²) in [5, 5.41) is 5.95. The van der Waals surface area contributed by atoms with Crippen molar-refractivity contribution in [2.45, 2.75) is 6.18 Å². The number of alkyl halides is 3. The van der Waals surface area contributed by atoms with Gasteiger partial charge in [0, 0.05) is 35.3 Å².